The Kier molecular flexibility index (Phi) is 2.94. The number of ether oxygens (including phenoxy) is 1. The molecule has 0 atom stereocenters. The monoisotopic (exact) mass is 278 g/mol. The van der Waals surface area contributed by atoms with Gasteiger partial charge in [0.05, 0.1) is 23.9 Å². The van der Waals surface area contributed by atoms with Crippen LogP contribution in [0.3, 0.4) is 0 Å². The Bertz CT molecular complexity index is 654. The molecule has 6 heteroatoms. The highest BCUT2D eigenvalue weighted by molar-refractivity contribution is 7.17. The summed E-state index contributed by atoms with van der Waals surface area (Å²) >= 11 is 1.33. The van der Waals surface area contributed by atoms with Crippen molar-refractivity contribution in [3.8, 4) is 10.6 Å². The average molecular weight is 278 g/mol. The molecule has 0 bridgehead atoms. The molecule has 0 spiro atoms. The molecule has 0 aliphatic carbocycles. The van der Waals surface area contributed by atoms with Crippen molar-refractivity contribution < 1.29 is 13.9 Å². The van der Waals surface area contributed by atoms with E-state index in [1.54, 1.807) is 0 Å². The zero-order chi connectivity index (χ0) is 13.4. The first-order valence-electron chi connectivity index (χ1n) is 5.80. The summed E-state index contributed by atoms with van der Waals surface area (Å²) in [4.78, 5) is 17.2. The molecule has 0 amide bonds. The highest BCUT2D eigenvalue weighted by Crippen LogP contribution is 2.38. The van der Waals surface area contributed by atoms with Crippen molar-refractivity contribution in [1.29, 1.82) is 0 Å². The van der Waals surface area contributed by atoms with E-state index in [2.05, 4.69) is 10.3 Å². The lowest BCUT2D eigenvalue weighted by atomic mass is 10.1. The lowest BCUT2D eigenvalue weighted by Crippen LogP contribution is -2.03. The van der Waals surface area contributed by atoms with Crippen LogP contribution in [0.25, 0.3) is 10.6 Å². The van der Waals surface area contributed by atoms with Crippen molar-refractivity contribution >= 4 is 23.0 Å². The molecule has 98 valence electrons. The zero-order valence-electron chi connectivity index (χ0n) is 10.2. The number of anilines is 1. The molecular formula is C13H11FN2O2S. The lowest BCUT2D eigenvalue weighted by Gasteiger charge is -2.06. The fourth-order valence-corrected chi connectivity index (χ4v) is 3.24. The van der Waals surface area contributed by atoms with E-state index in [4.69, 9.17) is 4.74 Å². The summed E-state index contributed by atoms with van der Waals surface area (Å²) in [6.07, 6.45) is 1.95. The van der Waals surface area contributed by atoms with Gasteiger partial charge in [-0.15, -0.1) is 11.3 Å². The Balaban J connectivity index is 2.14. The van der Waals surface area contributed by atoms with Crippen LogP contribution in [0, 0.1) is 5.82 Å². The number of halogens is 1. The van der Waals surface area contributed by atoms with Gasteiger partial charge in [0.25, 0.3) is 0 Å². The number of carbonyl (C=O) groups excluding carboxylic acids is 1. The third-order valence-corrected chi connectivity index (χ3v) is 4.14. The van der Waals surface area contributed by atoms with E-state index in [0.29, 0.717) is 22.8 Å². The molecule has 1 aliphatic heterocycles. The van der Waals surface area contributed by atoms with Crippen molar-refractivity contribution in [2.75, 3.05) is 19.0 Å². The van der Waals surface area contributed by atoms with Gasteiger partial charge in [0.15, 0.2) is 0 Å². The van der Waals surface area contributed by atoms with Crippen LogP contribution in [-0.2, 0) is 11.2 Å². The van der Waals surface area contributed by atoms with Gasteiger partial charge in [-0.05, 0) is 18.1 Å². The SMILES string of the molecule is COC(=O)c1cc2c(s1)-c1ncc(F)cc1NCC2. The van der Waals surface area contributed by atoms with Crippen LogP contribution in [0.4, 0.5) is 10.1 Å². The van der Waals surface area contributed by atoms with Crippen LogP contribution in [-0.4, -0.2) is 24.6 Å². The minimum absolute atomic E-state index is 0.352. The van der Waals surface area contributed by atoms with Crippen molar-refractivity contribution in [3.63, 3.8) is 0 Å². The standard InChI is InChI=1S/C13H11FN2O2S/c1-18-13(17)10-4-7-2-3-15-9-5-8(14)6-16-11(9)12(7)19-10/h4-6,15H,2-3H2,1H3. The van der Waals surface area contributed by atoms with Crippen LogP contribution in [0.15, 0.2) is 18.3 Å². The molecule has 0 radical (unpaired) electrons. The van der Waals surface area contributed by atoms with Gasteiger partial charge in [0.1, 0.15) is 16.4 Å². The predicted molar refractivity (Wildman–Crippen MR) is 71.0 cm³/mol. The molecule has 2 aromatic rings. The second kappa shape index (κ2) is 4.62. The van der Waals surface area contributed by atoms with Crippen molar-refractivity contribution in [1.82, 2.24) is 4.98 Å². The molecular weight excluding hydrogens is 267 g/mol. The molecule has 19 heavy (non-hydrogen) atoms. The number of nitrogens with zero attached hydrogens (tertiary/aromatic N) is 1. The normalized spacial score (nSPS) is 12.9. The smallest absolute Gasteiger partial charge is 0.348 e. The van der Waals surface area contributed by atoms with Crippen molar-refractivity contribution in [2.45, 2.75) is 6.42 Å². The largest absolute Gasteiger partial charge is 0.465 e. The number of carbonyl (C=O) groups is 1. The van der Waals surface area contributed by atoms with E-state index < -0.39 is 0 Å². The molecule has 2 aromatic heterocycles. The van der Waals surface area contributed by atoms with Gasteiger partial charge in [0.2, 0.25) is 0 Å². The number of esters is 1. The molecule has 0 saturated carbocycles. The number of hydrogen-bond acceptors (Lipinski definition) is 5. The number of thiophene rings is 1. The molecule has 3 heterocycles. The number of pyridine rings is 1. The maximum Gasteiger partial charge on any atom is 0.348 e. The van der Waals surface area contributed by atoms with E-state index in [1.807, 2.05) is 6.07 Å². The third-order valence-electron chi connectivity index (χ3n) is 2.97. The maximum atomic E-state index is 13.2. The Hall–Kier alpha value is -1.95. The van der Waals surface area contributed by atoms with Crippen molar-refractivity contribution in [3.05, 3.63) is 34.6 Å². The number of fused-ring (bicyclic) bond motifs is 3. The molecule has 4 nitrogen and oxygen atoms in total. The Morgan fingerprint density at radius 3 is 3.16 bits per heavy atom. The minimum Gasteiger partial charge on any atom is -0.465 e. The molecule has 3 rings (SSSR count). The van der Waals surface area contributed by atoms with Crippen LogP contribution in [0.1, 0.15) is 15.2 Å². The maximum absolute atomic E-state index is 13.2. The first kappa shape index (κ1) is 12.1. The summed E-state index contributed by atoms with van der Waals surface area (Å²) in [7, 11) is 1.36. The first-order chi connectivity index (χ1) is 9.19. The van der Waals surface area contributed by atoms with Gasteiger partial charge >= 0.3 is 5.97 Å². The minimum atomic E-state index is -0.376. The van der Waals surface area contributed by atoms with Gasteiger partial charge in [0, 0.05) is 12.6 Å². The number of rotatable bonds is 1. The highest BCUT2D eigenvalue weighted by Gasteiger charge is 2.21. The molecule has 0 unspecified atom stereocenters. The van der Waals surface area contributed by atoms with Gasteiger partial charge < -0.3 is 10.1 Å². The van der Waals surface area contributed by atoms with E-state index in [9.17, 15) is 9.18 Å². The molecule has 0 aromatic carbocycles. The number of methoxy groups -OCH3 is 1. The van der Waals surface area contributed by atoms with Gasteiger partial charge in [-0.1, -0.05) is 0 Å². The van der Waals surface area contributed by atoms with E-state index in [-0.39, 0.29) is 11.8 Å². The second-order valence-electron chi connectivity index (χ2n) is 4.18. The van der Waals surface area contributed by atoms with Crippen LogP contribution >= 0.6 is 11.3 Å². The van der Waals surface area contributed by atoms with E-state index in [0.717, 1.165) is 16.9 Å². The summed E-state index contributed by atoms with van der Waals surface area (Å²) in [5, 5.41) is 3.15. The van der Waals surface area contributed by atoms with Crippen LogP contribution < -0.4 is 5.32 Å². The number of nitrogens with one attached hydrogen (secondary N) is 1. The second-order valence-corrected chi connectivity index (χ2v) is 5.24. The Morgan fingerprint density at radius 1 is 1.53 bits per heavy atom. The van der Waals surface area contributed by atoms with Gasteiger partial charge in [-0.25, -0.2) is 9.18 Å². The fraction of sp³-hybridized carbons (Fsp3) is 0.231. The van der Waals surface area contributed by atoms with Crippen LogP contribution in [0.2, 0.25) is 0 Å². The van der Waals surface area contributed by atoms with Gasteiger partial charge in [-0.2, -0.15) is 0 Å². The topological polar surface area (TPSA) is 51.2 Å². The summed E-state index contributed by atoms with van der Waals surface area (Å²) in [6.45, 7) is 0.683. The van der Waals surface area contributed by atoms with Crippen LogP contribution in [0.5, 0.6) is 0 Å². The zero-order valence-corrected chi connectivity index (χ0v) is 11.0. The van der Waals surface area contributed by atoms with Crippen molar-refractivity contribution in [2.24, 2.45) is 0 Å². The van der Waals surface area contributed by atoms with E-state index >= 15 is 0 Å². The fourth-order valence-electron chi connectivity index (χ4n) is 2.10. The molecule has 1 aliphatic rings. The molecule has 1 N–H and O–H groups in total. The third kappa shape index (κ3) is 2.08. The van der Waals surface area contributed by atoms with Gasteiger partial charge in [-0.3, -0.25) is 4.98 Å². The quantitative estimate of drug-likeness (QED) is 0.815. The molecule has 0 saturated heterocycles. The number of hydrogen-bond donors (Lipinski definition) is 1. The Morgan fingerprint density at radius 2 is 2.37 bits per heavy atom. The van der Waals surface area contributed by atoms with E-state index in [1.165, 1.54) is 30.7 Å². The average Bonchev–Trinajstić information content (AvgIpc) is 2.75. The summed E-state index contributed by atoms with van der Waals surface area (Å²) < 4.78 is 17.9. The Labute approximate surface area is 113 Å². The number of aromatic nitrogens is 1. The summed E-state index contributed by atoms with van der Waals surface area (Å²) in [5.41, 5.74) is 2.39. The summed E-state index contributed by atoms with van der Waals surface area (Å²) in [5.74, 6) is -0.728. The highest BCUT2D eigenvalue weighted by atomic mass is 32.1. The predicted octanol–water partition coefficient (Wildman–Crippen LogP) is 2.70. The summed E-state index contributed by atoms with van der Waals surface area (Å²) in [6, 6.07) is 3.25. The lowest BCUT2D eigenvalue weighted by molar-refractivity contribution is 0.0606. The first-order valence-corrected chi connectivity index (χ1v) is 6.61. The molecule has 0 fully saturated rings.